The lowest BCUT2D eigenvalue weighted by molar-refractivity contribution is -0.143. The van der Waals surface area contributed by atoms with Crippen LogP contribution in [0.15, 0.2) is 0 Å². The molecule has 0 fully saturated rings. The first kappa shape index (κ1) is 19.1. The normalized spacial score (nSPS) is 13.2. The molecule has 0 aromatic heterocycles. The number of amides is 2. The standard InChI is InChI=1S/C14H24N2O5/c1-8(2)13(19)16-10(4)12(18)6-9(3)14(20)15-7-21-11(5)17/h8-10H,6-7H2,1-5H3,(H,15,20)(H,16,19)/t9-,10+/m1/s1. The summed E-state index contributed by atoms with van der Waals surface area (Å²) in [6.45, 7) is 7.67. The molecule has 0 aromatic rings. The highest BCUT2D eigenvalue weighted by Gasteiger charge is 2.22. The van der Waals surface area contributed by atoms with E-state index in [2.05, 4.69) is 15.4 Å². The van der Waals surface area contributed by atoms with Gasteiger partial charge in [-0.2, -0.15) is 0 Å². The summed E-state index contributed by atoms with van der Waals surface area (Å²) in [5.41, 5.74) is 0. The quantitative estimate of drug-likeness (QED) is 0.498. The lowest BCUT2D eigenvalue weighted by atomic mass is 10.00. The summed E-state index contributed by atoms with van der Waals surface area (Å²) >= 11 is 0. The molecule has 2 amide bonds. The molecule has 2 N–H and O–H groups in total. The smallest absolute Gasteiger partial charge is 0.304 e. The molecule has 0 aliphatic heterocycles. The van der Waals surface area contributed by atoms with Crippen LogP contribution >= 0.6 is 0 Å². The van der Waals surface area contributed by atoms with Crippen molar-refractivity contribution in [1.82, 2.24) is 10.6 Å². The summed E-state index contributed by atoms with van der Waals surface area (Å²) in [4.78, 5) is 45.6. The van der Waals surface area contributed by atoms with Crippen LogP contribution in [-0.4, -0.2) is 36.3 Å². The van der Waals surface area contributed by atoms with E-state index in [0.717, 1.165) is 0 Å². The van der Waals surface area contributed by atoms with Crippen molar-refractivity contribution < 1.29 is 23.9 Å². The summed E-state index contributed by atoms with van der Waals surface area (Å²) in [5, 5.41) is 4.99. The molecule has 0 saturated carbocycles. The molecule has 7 nitrogen and oxygen atoms in total. The highest BCUT2D eigenvalue weighted by molar-refractivity contribution is 5.92. The molecule has 0 bridgehead atoms. The number of hydrogen-bond acceptors (Lipinski definition) is 5. The zero-order valence-electron chi connectivity index (χ0n) is 13.2. The van der Waals surface area contributed by atoms with Gasteiger partial charge in [-0.1, -0.05) is 20.8 Å². The molecule has 0 unspecified atom stereocenters. The van der Waals surface area contributed by atoms with Crippen molar-refractivity contribution in [3.63, 3.8) is 0 Å². The van der Waals surface area contributed by atoms with Crippen molar-refractivity contribution in [1.29, 1.82) is 0 Å². The maximum Gasteiger partial charge on any atom is 0.304 e. The van der Waals surface area contributed by atoms with Crippen LogP contribution in [-0.2, 0) is 23.9 Å². The number of rotatable bonds is 8. The number of hydrogen-bond donors (Lipinski definition) is 2. The van der Waals surface area contributed by atoms with Gasteiger partial charge in [0.25, 0.3) is 0 Å². The Morgan fingerprint density at radius 1 is 1.00 bits per heavy atom. The van der Waals surface area contributed by atoms with E-state index in [9.17, 15) is 19.2 Å². The Balaban J connectivity index is 4.21. The second kappa shape index (κ2) is 9.10. The average molecular weight is 300 g/mol. The minimum absolute atomic E-state index is 0.00540. The van der Waals surface area contributed by atoms with Gasteiger partial charge in [-0.25, -0.2) is 0 Å². The molecule has 0 rings (SSSR count). The predicted octanol–water partition coefficient (Wildman–Crippen LogP) is 0.379. The van der Waals surface area contributed by atoms with Crippen molar-refractivity contribution in [2.45, 2.75) is 47.1 Å². The number of carbonyl (C=O) groups is 4. The van der Waals surface area contributed by atoms with E-state index in [1.165, 1.54) is 6.92 Å². The van der Waals surface area contributed by atoms with Gasteiger partial charge in [0.2, 0.25) is 11.8 Å². The third-order valence-electron chi connectivity index (χ3n) is 2.84. The van der Waals surface area contributed by atoms with E-state index >= 15 is 0 Å². The van der Waals surface area contributed by atoms with E-state index in [4.69, 9.17) is 0 Å². The van der Waals surface area contributed by atoms with Crippen LogP contribution in [0.3, 0.4) is 0 Å². The number of ether oxygens (including phenoxy) is 1. The molecule has 0 aromatic carbocycles. The van der Waals surface area contributed by atoms with Crippen molar-refractivity contribution in [2.75, 3.05) is 6.73 Å². The van der Waals surface area contributed by atoms with Gasteiger partial charge in [0.1, 0.15) is 0 Å². The van der Waals surface area contributed by atoms with E-state index < -0.39 is 17.9 Å². The van der Waals surface area contributed by atoms with E-state index in [-0.39, 0.29) is 36.7 Å². The van der Waals surface area contributed by atoms with E-state index in [1.807, 2.05) is 0 Å². The third kappa shape index (κ3) is 8.06. The minimum atomic E-state index is -0.636. The molecule has 0 aliphatic carbocycles. The summed E-state index contributed by atoms with van der Waals surface area (Å²) in [5.74, 6) is -2.07. The highest BCUT2D eigenvalue weighted by Crippen LogP contribution is 2.06. The Labute approximate surface area is 124 Å². The highest BCUT2D eigenvalue weighted by atomic mass is 16.5. The first-order chi connectivity index (χ1) is 9.65. The fraction of sp³-hybridized carbons (Fsp3) is 0.714. The Kier molecular flexibility index (Phi) is 8.26. The zero-order valence-corrected chi connectivity index (χ0v) is 13.2. The van der Waals surface area contributed by atoms with Gasteiger partial charge in [0.05, 0.1) is 6.04 Å². The maximum absolute atomic E-state index is 11.9. The number of Topliss-reactive ketones (excluding diaryl/α,β-unsaturated/α-hetero) is 1. The molecule has 0 radical (unpaired) electrons. The molecule has 7 heteroatoms. The van der Waals surface area contributed by atoms with Gasteiger partial charge in [-0.15, -0.1) is 0 Å². The molecular formula is C14H24N2O5. The predicted molar refractivity (Wildman–Crippen MR) is 76.0 cm³/mol. The Hall–Kier alpha value is -1.92. The van der Waals surface area contributed by atoms with Crippen LogP contribution in [0.5, 0.6) is 0 Å². The monoisotopic (exact) mass is 300 g/mol. The fourth-order valence-corrected chi connectivity index (χ4v) is 1.41. The van der Waals surface area contributed by atoms with Gasteiger partial charge < -0.3 is 15.4 Å². The SMILES string of the molecule is CC(=O)OCNC(=O)[C@H](C)CC(=O)[C@H](C)NC(=O)C(C)C. The molecular weight excluding hydrogens is 276 g/mol. The van der Waals surface area contributed by atoms with Crippen LogP contribution in [0.4, 0.5) is 0 Å². The zero-order chi connectivity index (χ0) is 16.6. The molecule has 0 aliphatic rings. The molecule has 0 saturated heterocycles. The minimum Gasteiger partial charge on any atom is -0.445 e. The van der Waals surface area contributed by atoms with Crippen LogP contribution < -0.4 is 10.6 Å². The van der Waals surface area contributed by atoms with Gasteiger partial charge in [0, 0.05) is 25.2 Å². The van der Waals surface area contributed by atoms with E-state index in [1.54, 1.807) is 27.7 Å². The Bertz CT molecular complexity index is 406. The average Bonchev–Trinajstić information content (AvgIpc) is 2.37. The molecule has 120 valence electrons. The maximum atomic E-state index is 11.9. The topological polar surface area (TPSA) is 102 Å². The van der Waals surface area contributed by atoms with Crippen molar-refractivity contribution in [2.24, 2.45) is 11.8 Å². The summed E-state index contributed by atoms with van der Waals surface area (Å²) in [6, 6.07) is -0.636. The van der Waals surface area contributed by atoms with Crippen LogP contribution in [0, 0.1) is 11.8 Å². The van der Waals surface area contributed by atoms with Gasteiger partial charge in [-0.3, -0.25) is 19.2 Å². The first-order valence-electron chi connectivity index (χ1n) is 6.89. The molecule has 2 atom stereocenters. The van der Waals surface area contributed by atoms with Crippen molar-refractivity contribution in [3.05, 3.63) is 0 Å². The Morgan fingerprint density at radius 3 is 2.05 bits per heavy atom. The second-order valence-corrected chi connectivity index (χ2v) is 5.28. The van der Waals surface area contributed by atoms with Gasteiger partial charge in [0.15, 0.2) is 12.5 Å². The van der Waals surface area contributed by atoms with Crippen LogP contribution in [0.25, 0.3) is 0 Å². The largest absolute Gasteiger partial charge is 0.445 e. The molecule has 21 heavy (non-hydrogen) atoms. The Morgan fingerprint density at radius 2 is 1.57 bits per heavy atom. The second-order valence-electron chi connectivity index (χ2n) is 5.28. The van der Waals surface area contributed by atoms with Gasteiger partial charge in [-0.05, 0) is 6.92 Å². The fourth-order valence-electron chi connectivity index (χ4n) is 1.41. The number of esters is 1. The number of carbonyl (C=O) groups excluding carboxylic acids is 4. The van der Waals surface area contributed by atoms with E-state index in [0.29, 0.717) is 0 Å². The van der Waals surface area contributed by atoms with Crippen molar-refractivity contribution >= 4 is 23.6 Å². The first-order valence-corrected chi connectivity index (χ1v) is 6.89. The summed E-state index contributed by atoms with van der Waals surface area (Å²) in [6.07, 6.45) is 0.00540. The third-order valence-corrected chi connectivity index (χ3v) is 2.84. The van der Waals surface area contributed by atoms with Crippen LogP contribution in [0.2, 0.25) is 0 Å². The molecule has 0 heterocycles. The van der Waals surface area contributed by atoms with Crippen molar-refractivity contribution in [3.8, 4) is 0 Å². The lowest BCUT2D eigenvalue weighted by Gasteiger charge is -2.17. The van der Waals surface area contributed by atoms with Gasteiger partial charge >= 0.3 is 5.97 Å². The molecule has 0 spiro atoms. The number of nitrogens with one attached hydrogen (secondary N) is 2. The lowest BCUT2D eigenvalue weighted by Crippen LogP contribution is -2.42. The van der Waals surface area contributed by atoms with Crippen LogP contribution in [0.1, 0.15) is 41.0 Å². The summed E-state index contributed by atoms with van der Waals surface area (Å²) < 4.78 is 4.58. The number of ketones is 1. The summed E-state index contributed by atoms with van der Waals surface area (Å²) in [7, 11) is 0.